The summed E-state index contributed by atoms with van der Waals surface area (Å²) in [5.41, 5.74) is 7.50. The summed E-state index contributed by atoms with van der Waals surface area (Å²) in [4.78, 5) is 0. The molecule has 5 heteroatoms. The van der Waals surface area contributed by atoms with E-state index in [2.05, 4.69) is 31.9 Å². The van der Waals surface area contributed by atoms with Gasteiger partial charge in [-0.2, -0.15) is 0 Å². The summed E-state index contributed by atoms with van der Waals surface area (Å²) in [6, 6.07) is 12.3. The molecule has 2 N–H and O–H groups in total. The molecule has 0 radical (unpaired) electrons. The highest BCUT2D eigenvalue weighted by Crippen LogP contribution is 2.30. The van der Waals surface area contributed by atoms with Gasteiger partial charge in [0.15, 0.2) is 0 Å². The van der Waals surface area contributed by atoms with Gasteiger partial charge in [-0.25, -0.2) is 4.39 Å². The highest BCUT2D eigenvalue weighted by atomic mass is 79.9. The van der Waals surface area contributed by atoms with Crippen LogP contribution < -0.4 is 5.73 Å². The molecule has 0 fully saturated rings. The van der Waals surface area contributed by atoms with E-state index in [1.807, 2.05) is 24.3 Å². The van der Waals surface area contributed by atoms with E-state index in [0.29, 0.717) is 22.2 Å². The van der Waals surface area contributed by atoms with E-state index in [9.17, 15) is 4.39 Å². The second-order valence-corrected chi connectivity index (χ2v) is 6.62. The summed E-state index contributed by atoms with van der Waals surface area (Å²) in [6.07, 6.45) is 0.385. The first-order chi connectivity index (χ1) is 10.0. The molecule has 3 rings (SSSR count). The Bertz CT molecular complexity index is 800. The summed E-state index contributed by atoms with van der Waals surface area (Å²) in [5, 5.41) is 0.978. The zero-order chi connectivity index (χ0) is 15.0. The Hall–Kier alpha value is -1.17. The van der Waals surface area contributed by atoms with Crippen LogP contribution >= 0.6 is 31.9 Å². The standard InChI is InChI=1S/C16H12Br2FNO/c17-11-5-4-9(13(19)8-11)6-14(20)15-7-10-2-1-3-12(18)16(10)21-15/h1-5,7-8,14H,6,20H2. The molecule has 0 saturated carbocycles. The van der Waals surface area contributed by atoms with Crippen molar-refractivity contribution in [2.75, 3.05) is 0 Å². The Labute approximate surface area is 138 Å². The van der Waals surface area contributed by atoms with Crippen molar-refractivity contribution in [2.24, 2.45) is 5.73 Å². The number of fused-ring (bicyclic) bond motifs is 1. The summed E-state index contributed by atoms with van der Waals surface area (Å²) >= 11 is 6.69. The lowest BCUT2D eigenvalue weighted by Crippen LogP contribution is -2.13. The maximum absolute atomic E-state index is 13.9. The van der Waals surface area contributed by atoms with E-state index in [0.717, 1.165) is 15.4 Å². The van der Waals surface area contributed by atoms with Gasteiger partial charge in [-0.05, 0) is 52.2 Å². The third-order valence-corrected chi connectivity index (χ3v) is 4.45. The van der Waals surface area contributed by atoms with Crippen LogP contribution in [0.15, 0.2) is 55.8 Å². The zero-order valence-electron chi connectivity index (χ0n) is 10.9. The zero-order valence-corrected chi connectivity index (χ0v) is 14.1. The Balaban J connectivity index is 1.90. The molecule has 21 heavy (non-hydrogen) atoms. The molecule has 0 aliphatic heterocycles. The van der Waals surface area contributed by atoms with Crippen molar-refractivity contribution in [1.82, 2.24) is 0 Å². The summed E-state index contributed by atoms with van der Waals surface area (Å²) < 4.78 is 21.3. The average Bonchev–Trinajstić information content (AvgIpc) is 2.87. The van der Waals surface area contributed by atoms with Crippen LogP contribution in [-0.2, 0) is 6.42 Å². The molecule has 0 amide bonds. The quantitative estimate of drug-likeness (QED) is 0.630. The van der Waals surface area contributed by atoms with Gasteiger partial charge in [-0.1, -0.05) is 34.1 Å². The van der Waals surface area contributed by atoms with Gasteiger partial charge < -0.3 is 10.2 Å². The minimum absolute atomic E-state index is 0.267. The molecule has 3 aromatic rings. The molecule has 0 saturated heterocycles. The van der Waals surface area contributed by atoms with Crippen molar-refractivity contribution in [2.45, 2.75) is 12.5 Å². The largest absolute Gasteiger partial charge is 0.458 e. The van der Waals surface area contributed by atoms with Crippen molar-refractivity contribution in [1.29, 1.82) is 0 Å². The molecule has 0 aliphatic carbocycles. The number of hydrogen-bond acceptors (Lipinski definition) is 2. The van der Waals surface area contributed by atoms with Gasteiger partial charge >= 0.3 is 0 Å². The predicted octanol–water partition coefficient (Wildman–Crippen LogP) is 5.34. The number of nitrogens with two attached hydrogens (primary N) is 1. The Kier molecular flexibility index (Phi) is 4.15. The van der Waals surface area contributed by atoms with E-state index in [1.54, 1.807) is 12.1 Å². The van der Waals surface area contributed by atoms with Crippen LogP contribution in [0.2, 0.25) is 0 Å². The van der Waals surface area contributed by atoms with Crippen molar-refractivity contribution >= 4 is 42.8 Å². The maximum Gasteiger partial charge on any atom is 0.148 e. The minimum atomic E-state index is -0.389. The van der Waals surface area contributed by atoms with Crippen molar-refractivity contribution < 1.29 is 8.81 Å². The van der Waals surface area contributed by atoms with Gasteiger partial charge in [-0.3, -0.25) is 0 Å². The molecule has 108 valence electrons. The van der Waals surface area contributed by atoms with Crippen LogP contribution in [0.25, 0.3) is 11.0 Å². The number of furan rings is 1. The molecule has 1 heterocycles. The number of hydrogen-bond donors (Lipinski definition) is 1. The number of rotatable bonds is 3. The molecule has 0 aliphatic rings. The second kappa shape index (κ2) is 5.91. The first-order valence-corrected chi connectivity index (χ1v) is 8.00. The van der Waals surface area contributed by atoms with Gasteiger partial charge in [0.2, 0.25) is 0 Å². The van der Waals surface area contributed by atoms with Crippen LogP contribution in [0.1, 0.15) is 17.4 Å². The highest BCUT2D eigenvalue weighted by Gasteiger charge is 2.16. The lowest BCUT2D eigenvalue weighted by Gasteiger charge is -2.09. The predicted molar refractivity (Wildman–Crippen MR) is 88.6 cm³/mol. The minimum Gasteiger partial charge on any atom is -0.458 e. The van der Waals surface area contributed by atoms with Crippen LogP contribution in [0.3, 0.4) is 0 Å². The van der Waals surface area contributed by atoms with E-state index in [4.69, 9.17) is 10.2 Å². The fraction of sp³-hybridized carbons (Fsp3) is 0.125. The van der Waals surface area contributed by atoms with Crippen LogP contribution in [0, 0.1) is 5.82 Å². The molecular formula is C16H12Br2FNO. The molecule has 0 bridgehead atoms. The number of benzene rings is 2. The molecule has 1 atom stereocenters. The molecule has 1 unspecified atom stereocenters. The van der Waals surface area contributed by atoms with Crippen molar-refractivity contribution in [3.8, 4) is 0 Å². The van der Waals surface area contributed by atoms with Crippen molar-refractivity contribution in [3.05, 3.63) is 68.6 Å². The molecule has 2 nitrogen and oxygen atoms in total. The van der Waals surface area contributed by atoms with E-state index >= 15 is 0 Å². The second-order valence-electron chi connectivity index (χ2n) is 4.85. The Morgan fingerprint density at radius 2 is 1.95 bits per heavy atom. The van der Waals surface area contributed by atoms with Crippen LogP contribution in [0.4, 0.5) is 4.39 Å². The average molecular weight is 413 g/mol. The smallest absolute Gasteiger partial charge is 0.148 e. The van der Waals surface area contributed by atoms with Crippen molar-refractivity contribution in [3.63, 3.8) is 0 Å². The first kappa shape index (κ1) is 14.8. The van der Waals surface area contributed by atoms with E-state index in [1.165, 1.54) is 6.07 Å². The molecule has 0 spiro atoms. The van der Waals surface area contributed by atoms with Gasteiger partial charge in [0, 0.05) is 9.86 Å². The third-order valence-electron chi connectivity index (χ3n) is 3.34. The lowest BCUT2D eigenvalue weighted by molar-refractivity contribution is 0.486. The molecule has 2 aromatic carbocycles. The topological polar surface area (TPSA) is 39.2 Å². The Morgan fingerprint density at radius 1 is 1.14 bits per heavy atom. The molecule has 1 aromatic heterocycles. The highest BCUT2D eigenvalue weighted by molar-refractivity contribution is 9.11. The SMILES string of the molecule is NC(Cc1ccc(Br)cc1F)c1cc2cccc(Br)c2o1. The maximum atomic E-state index is 13.9. The van der Waals surface area contributed by atoms with Crippen LogP contribution in [-0.4, -0.2) is 0 Å². The van der Waals surface area contributed by atoms with E-state index in [-0.39, 0.29) is 11.9 Å². The Morgan fingerprint density at radius 3 is 2.67 bits per heavy atom. The van der Waals surface area contributed by atoms with Gasteiger partial charge in [-0.15, -0.1) is 0 Å². The van der Waals surface area contributed by atoms with Gasteiger partial charge in [0.25, 0.3) is 0 Å². The molecular weight excluding hydrogens is 401 g/mol. The summed E-state index contributed by atoms with van der Waals surface area (Å²) in [5.74, 6) is 0.385. The first-order valence-electron chi connectivity index (χ1n) is 6.42. The van der Waals surface area contributed by atoms with Gasteiger partial charge in [0.1, 0.15) is 17.2 Å². The van der Waals surface area contributed by atoms with Crippen LogP contribution in [0.5, 0.6) is 0 Å². The van der Waals surface area contributed by atoms with E-state index < -0.39 is 0 Å². The lowest BCUT2D eigenvalue weighted by atomic mass is 10.0. The third kappa shape index (κ3) is 3.05. The fourth-order valence-electron chi connectivity index (χ4n) is 2.25. The monoisotopic (exact) mass is 411 g/mol. The fourth-order valence-corrected chi connectivity index (χ4v) is 3.05. The summed E-state index contributed by atoms with van der Waals surface area (Å²) in [7, 11) is 0. The normalized spacial score (nSPS) is 12.8. The summed E-state index contributed by atoms with van der Waals surface area (Å²) in [6.45, 7) is 0. The van der Waals surface area contributed by atoms with Gasteiger partial charge in [0.05, 0.1) is 10.5 Å². The number of para-hydroxylation sites is 1. The number of halogens is 3.